The molecule has 0 spiro atoms. The molecule has 0 aromatic heterocycles. The van der Waals surface area contributed by atoms with Crippen LogP contribution in [0.5, 0.6) is 0 Å². The van der Waals surface area contributed by atoms with E-state index in [1.165, 1.54) is 0 Å². The van der Waals surface area contributed by atoms with Crippen LogP contribution in [0, 0.1) is 0 Å². The van der Waals surface area contributed by atoms with Crippen molar-refractivity contribution in [2.75, 3.05) is 20.3 Å². The van der Waals surface area contributed by atoms with E-state index in [0.29, 0.717) is 12.5 Å². The van der Waals surface area contributed by atoms with Crippen LogP contribution in [0.1, 0.15) is 27.2 Å². The molecule has 84 valence electrons. The number of hydrazine groups is 1. The van der Waals surface area contributed by atoms with Gasteiger partial charge in [-0.25, -0.2) is 5.84 Å². The molecule has 0 aromatic rings. The van der Waals surface area contributed by atoms with Crippen molar-refractivity contribution in [2.45, 2.75) is 32.7 Å². The number of ether oxygens (including phenoxy) is 1. The van der Waals surface area contributed by atoms with E-state index in [1.54, 1.807) is 7.11 Å². The van der Waals surface area contributed by atoms with Gasteiger partial charge in [0.1, 0.15) is 0 Å². The van der Waals surface area contributed by atoms with Gasteiger partial charge in [0.15, 0.2) is 0 Å². The van der Waals surface area contributed by atoms with Gasteiger partial charge >= 0.3 is 0 Å². The molecule has 0 atom stereocenters. The molecule has 0 aliphatic heterocycles. The molecule has 5 nitrogen and oxygen atoms in total. The summed E-state index contributed by atoms with van der Waals surface area (Å²) >= 11 is 0. The van der Waals surface area contributed by atoms with E-state index in [-0.39, 0.29) is 5.54 Å². The summed E-state index contributed by atoms with van der Waals surface area (Å²) in [4.78, 5) is 4.25. The highest BCUT2D eigenvalue weighted by atomic mass is 16.5. The Bertz CT molecular complexity index is 174. The Hall–Kier alpha value is -0.810. The fraction of sp³-hybridized carbons (Fsp3) is 0.889. The zero-order valence-electron chi connectivity index (χ0n) is 9.55. The van der Waals surface area contributed by atoms with Crippen molar-refractivity contribution in [3.05, 3.63) is 0 Å². The number of hydrogen-bond donors (Lipinski definition) is 3. The van der Waals surface area contributed by atoms with Crippen LogP contribution in [0.25, 0.3) is 0 Å². The number of nitrogens with one attached hydrogen (secondary N) is 2. The average molecular weight is 202 g/mol. The SMILES string of the molecule is COCCCN=C(NN)NC(C)(C)C. The van der Waals surface area contributed by atoms with Crippen molar-refractivity contribution in [2.24, 2.45) is 10.8 Å². The summed E-state index contributed by atoms with van der Waals surface area (Å²) in [5, 5.41) is 3.16. The summed E-state index contributed by atoms with van der Waals surface area (Å²) in [6, 6.07) is 0. The maximum absolute atomic E-state index is 5.32. The first-order valence-electron chi connectivity index (χ1n) is 4.78. The van der Waals surface area contributed by atoms with Crippen LogP contribution in [-0.2, 0) is 4.74 Å². The second-order valence-electron chi connectivity index (χ2n) is 4.10. The Balaban J connectivity index is 3.87. The van der Waals surface area contributed by atoms with Crippen molar-refractivity contribution in [1.29, 1.82) is 0 Å². The molecule has 5 heteroatoms. The predicted octanol–water partition coefficient (Wildman–Crippen LogP) is 0.230. The highest BCUT2D eigenvalue weighted by Gasteiger charge is 2.10. The van der Waals surface area contributed by atoms with Gasteiger partial charge in [0, 0.05) is 25.8 Å². The molecule has 0 heterocycles. The summed E-state index contributed by atoms with van der Waals surface area (Å²) in [7, 11) is 1.68. The molecule has 0 aromatic carbocycles. The minimum atomic E-state index is -0.0353. The van der Waals surface area contributed by atoms with Crippen LogP contribution in [0.4, 0.5) is 0 Å². The van der Waals surface area contributed by atoms with Crippen LogP contribution < -0.4 is 16.6 Å². The first-order valence-corrected chi connectivity index (χ1v) is 4.78. The first kappa shape index (κ1) is 13.2. The number of hydrogen-bond acceptors (Lipinski definition) is 3. The molecule has 0 aliphatic rings. The number of rotatable bonds is 4. The van der Waals surface area contributed by atoms with Crippen LogP contribution in [0.3, 0.4) is 0 Å². The second kappa shape index (κ2) is 6.62. The molecule has 0 amide bonds. The first-order chi connectivity index (χ1) is 6.49. The summed E-state index contributed by atoms with van der Waals surface area (Å²) in [6.07, 6.45) is 0.896. The largest absolute Gasteiger partial charge is 0.385 e. The predicted molar refractivity (Wildman–Crippen MR) is 59.0 cm³/mol. The van der Waals surface area contributed by atoms with E-state index in [1.807, 2.05) is 0 Å². The molecule has 14 heavy (non-hydrogen) atoms. The minimum Gasteiger partial charge on any atom is -0.385 e. The van der Waals surface area contributed by atoms with Crippen LogP contribution in [0.15, 0.2) is 4.99 Å². The lowest BCUT2D eigenvalue weighted by molar-refractivity contribution is 0.197. The third-order valence-electron chi connectivity index (χ3n) is 1.41. The van der Waals surface area contributed by atoms with Gasteiger partial charge in [0.2, 0.25) is 5.96 Å². The third kappa shape index (κ3) is 7.82. The summed E-state index contributed by atoms with van der Waals surface area (Å²) in [6.45, 7) is 7.58. The lowest BCUT2D eigenvalue weighted by Crippen LogP contribution is -2.50. The van der Waals surface area contributed by atoms with E-state index >= 15 is 0 Å². The van der Waals surface area contributed by atoms with Gasteiger partial charge < -0.3 is 10.1 Å². The van der Waals surface area contributed by atoms with Crippen LogP contribution in [0.2, 0.25) is 0 Å². The second-order valence-corrected chi connectivity index (χ2v) is 4.10. The summed E-state index contributed by atoms with van der Waals surface area (Å²) < 4.78 is 4.92. The van der Waals surface area contributed by atoms with Gasteiger partial charge in [-0.05, 0) is 27.2 Å². The molecule has 0 radical (unpaired) electrons. The van der Waals surface area contributed by atoms with E-state index in [9.17, 15) is 0 Å². The topological polar surface area (TPSA) is 71.7 Å². The maximum Gasteiger partial charge on any atom is 0.206 e. The van der Waals surface area contributed by atoms with Crippen molar-refractivity contribution in [1.82, 2.24) is 10.7 Å². The molecule has 0 rings (SSSR count). The highest BCUT2D eigenvalue weighted by molar-refractivity contribution is 5.79. The number of aliphatic imine (C=N–C) groups is 1. The number of nitrogens with two attached hydrogens (primary N) is 1. The maximum atomic E-state index is 5.32. The lowest BCUT2D eigenvalue weighted by Gasteiger charge is -2.22. The quantitative estimate of drug-likeness (QED) is 0.201. The molecule has 0 fully saturated rings. The summed E-state index contributed by atoms with van der Waals surface area (Å²) in [5.41, 5.74) is 2.50. The van der Waals surface area contributed by atoms with Crippen molar-refractivity contribution in [3.63, 3.8) is 0 Å². The van der Waals surface area contributed by atoms with E-state index < -0.39 is 0 Å². The molecular formula is C9H22N4O. The normalized spacial score (nSPS) is 12.8. The Labute approximate surface area is 86.1 Å². The van der Waals surface area contributed by atoms with Gasteiger partial charge in [-0.2, -0.15) is 0 Å². The van der Waals surface area contributed by atoms with Gasteiger partial charge in [0.25, 0.3) is 0 Å². The number of guanidine groups is 1. The summed E-state index contributed by atoms with van der Waals surface area (Å²) in [5.74, 6) is 5.94. The molecule has 0 unspecified atom stereocenters. The van der Waals surface area contributed by atoms with E-state index in [2.05, 4.69) is 36.5 Å². The Morgan fingerprint density at radius 1 is 1.43 bits per heavy atom. The number of nitrogens with zero attached hydrogens (tertiary/aromatic N) is 1. The zero-order chi connectivity index (χ0) is 11.0. The fourth-order valence-electron chi connectivity index (χ4n) is 0.876. The molecular weight excluding hydrogens is 180 g/mol. The third-order valence-corrected chi connectivity index (χ3v) is 1.41. The molecule has 0 bridgehead atoms. The highest BCUT2D eigenvalue weighted by Crippen LogP contribution is 1.97. The minimum absolute atomic E-state index is 0.0353. The average Bonchev–Trinajstić information content (AvgIpc) is 2.08. The van der Waals surface area contributed by atoms with Gasteiger partial charge in [-0.3, -0.25) is 10.4 Å². The van der Waals surface area contributed by atoms with Gasteiger partial charge in [0.05, 0.1) is 0 Å². The van der Waals surface area contributed by atoms with E-state index in [0.717, 1.165) is 13.0 Å². The Kier molecular flexibility index (Phi) is 6.23. The molecule has 0 saturated carbocycles. The lowest BCUT2D eigenvalue weighted by atomic mass is 10.1. The molecule has 0 aliphatic carbocycles. The monoisotopic (exact) mass is 202 g/mol. The van der Waals surface area contributed by atoms with E-state index in [4.69, 9.17) is 10.6 Å². The Morgan fingerprint density at radius 2 is 2.07 bits per heavy atom. The fourth-order valence-corrected chi connectivity index (χ4v) is 0.876. The standard InChI is InChI=1S/C9H22N4O/c1-9(2,3)12-8(13-10)11-6-5-7-14-4/h5-7,10H2,1-4H3,(H2,11,12,13). The van der Waals surface area contributed by atoms with Crippen LogP contribution >= 0.6 is 0 Å². The number of methoxy groups -OCH3 is 1. The zero-order valence-corrected chi connectivity index (χ0v) is 9.55. The van der Waals surface area contributed by atoms with Crippen molar-refractivity contribution < 1.29 is 4.74 Å². The smallest absolute Gasteiger partial charge is 0.206 e. The van der Waals surface area contributed by atoms with Gasteiger partial charge in [-0.15, -0.1) is 0 Å². The van der Waals surface area contributed by atoms with Crippen molar-refractivity contribution >= 4 is 5.96 Å². The van der Waals surface area contributed by atoms with Crippen LogP contribution in [-0.4, -0.2) is 31.8 Å². The molecule has 4 N–H and O–H groups in total. The Morgan fingerprint density at radius 3 is 2.50 bits per heavy atom. The van der Waals surface area contributed by atoms with Gasteiger partial charge in [-0.1, -0.05) is 0 Å². The molecule has 0 saturated heterocycles. The van der Waals surface area contributed by atoms with Crippen molar-refractivity contribution in [3.8, 4) is 0 Å².